The molecule has 0 radical (unpaired) electrons. The number of halogens is 1. The van der Waals surface area contributed by atoms with Crippen LogP contribution < -0.4 is 5.43 Å². The van der Waals surface area contributed by atoms with Crippen molar-refractivity contribution in [1.29, 1.82) is 0 Å². The van der Waals surface area contributed by atoms with Crippen LogP contribution in [0.2, 0.25) is 5.02 Å². The molecule has 1 amide bonds. The van der Waals surface area contributed by atoms with E-state index in [2.05, 4.69) is 25.3 Å². The molecule has 1 fully saturated rings. The van der Waals surface area contributed by atoms with Gasteiger partial charge >= 0.3 is 0 Å². The molecule has 0 bridgehead atoms. The largest absolute Gasteiger partial charge is 0.299 e. The summed E-state index contributed by atoms with van der Waals surface area (Å²) in [5, 5.41) is 14.4. The van der Waals surface area contributed by atoms with Gasteiger partial charge in [0, 0.05) is 26.4 Å². The standard InChI is InChI=1S/C22H24ClN5OS2/c1-15-7-12-19(31-15)13-24-25-20(29)14-30-22-27-26-21(16-8-10-17(23)11-9-16)28(22)18-5-3-2-4-6-18/h7-13,18H,2-6,14H2,1H3,(H,25,29)/b24-13+. The quantitative estimate of drug-likeness (QED) is 0.271. The molecule has 162 valence electrons. The van der Waals surface area contributed by atoms with Crippen molar-refractivity contribution in [3.8, 4) is 11.4 Å². The molecule has 1 N–H and O–H groups in total. The fourth-order valence-corrected chi connectivity index (χ4v) is 5.37. The average Bonchev–Trinajstić information content (AvgIpc) is 3.39. The molecule has 0 unspecified atom stereocenters. The van der Waals surface area contributed by atoms with Gasteiger partial charge in [-0.25, -0.2) is 5.43 Å². The molecule has 31 heavy (non-hydrogen) atoms. The van der Waals surface area contributed by atoms with Gasteiger partial charge in [-0.15, -0.1) is 21.5 Å². The second kappa shape index (κ2) is 10.4. The van der Waals surface area contributed by atoms with Crippen LogP contribution in [0.4, 0.5) is 0 Å². The lowest BCUT2D eigenvalue weighted by Gasteiger charge is -2.25. The fourth-order valence-electron chi connectivity index (χ4n) is 3.69. The number of amides is 1. The Labute approximate surface area is 195 Å². The molecule has 1 saturated carbocycles. The maximum atomic E-state index is 12.3. The van der Waals surface area contributed by atoms with E-state index in [1.807, 2.05) is 43.3 Å². The van der Waals surface area contributed by atoms with Gasteiger partial charge in [-0.2, -0.15) is 5.10 Å². The molecule has 2 aromatic heterocycles. The van der Waals surface area contributed by atoms with Gasteiger partial charge in [-0.1, -0.05) is 42.6 Å². The average molecular weight is 474 g/mol. The highest BCUT2D eigenvalue weighted by atomic mass is 35.5. The number of thiophene rings is 1. The summed E-state index contributed by atoms with van der Waals surface area (Å²) < 4.78 is 2.21. The highest BCUT2D eigenvalue weighted by Gasteiger charge is 2.24. The van der Waals surface area contributed by atoms with Crippen LogP contribution in [-0.2, 0) is 4.79 Å². The molecular weight excluding hydrogens is 450 g/mol. The third-order valence-electron chi connectivity index (χ3n) is 5.18. The first-order valence-electron chi connectivity index (χ1n) is 10.3. The lowest BCUT2D eigenvalue weighted by Crippen LogP contribution is -2.20. The van der Waals surface area contributed by atoms with Crippen LogP contribution in [-0.4, -0.2) is 32.6 Å². The van der Waals surface area contributed by atoms with E-state index in [1.165, 1.54) is 35.9 Å². The molecule has 3 aromatic rings. The van der Waals surface area contributed by atoms with E-state index in [-0.39, 0.29) is 11.7 Å². The Kier molecular flexibility index (Phi) is 7.42. The molecular formula is C22H24ClN5OS2. The minimum absolute atomic E-state index is 0.166. The van der Waals surface area contributed by atoms with Crippen molar-refractivity contribution in [3.63, 3.8) is 0 Å². The molecule has 0 aliphatic heterocycles. The molecule has 1 aliphatic carbocycles. The Morgan fingerprint density at radius 3 is 2.71 bits per heavy atom. The van der Waals surface area contributed by atoms with E-state index in [0.29, 0.717) is 11.1 Å². The van der Waals surface area contributed by atoms with Crippen molar-refractivity contribution in [3.05, 3.63) is 51.2 Å². The van der Waals surface area contributed by atoms with E-state index >= 15 is 0 Å². The monoisotopic (exact) mass is 473 g/mol. The fraction of sp³-hybridized carbons (Fsp3) is 0.364. The predicted molar refractivity (Wildman–Crippen MR) is 128 cm³/mol. The van der Waals surface area contributed by atoms with Crippen LogP contribution in [0.15, 0.2) is 46.7 Å². The number of hydrogen-bond acceptors (Lipinski definition) is 6. The Bertz CT molecular complexity index is 1050. The van der Waals surface area contributed by atoms with Crippen LogP contribution in [0.5, 0.6) is 0 Å². The van der Waals surface area contributed by atoms with Gasteiger partial charge in [0.15, 0.2) is 11.0 Å². The van der Waals surface area contributed by atoms with Gasteiger partial charge in [0.25, 0.3) is 5.91 Å². The first-order valence-corrected chi connectivity index (χ1v) is 12.5. The Morgan fingerprint density at radius 2 is 2.00 bits per heavy atom. The number of benzene rings is 1. The van der Waals surface area contributed by atoms with Crippen LogP contribution in [0.25, 0.3) is 11.4 Å². The summed E-state index contributed by atoms with van der Waals surface area (Å²) in [4.78, 5) is 14.5. The maximum absolute atomic E-state index is 12.3. The summed E-state index contributed by atoms with van der Waals surface area (Å²) in [6.45, 7) is 2.04. The number of nitrogens with zero attached hydrogens (tertiary/aromatic N) is 4. The third kappa shape index (κ3) is 5.75. The number of thioether (sulfide) groups is 1. The van der Waals surface area contributed by atoms with Crippen molar-refractivity contribution in [2.24, 2.45) is 5.10 Å². The van der Waals surface area contributed by atoms with Gasteiger partial charge < -0.3 is 0 Å². The molecule has 9 heteroatoms. The zero-order valence-electron chi connectivity index (χ0n) is 17.3. The first kappa shape index (κ1) is 22.0. The third-order valence-corrected chi connectivity index (χ3v) is 7.31. The van der Waals surface area contributed by atoms with E-state index in [0.717, 1.165) is 34.3 Å². The van der Waals surface area contributed by atoms with E-state index < -0.39 is 0 Å². The summed E-state index contributed by atoms with van der Waals surface area (Å²) in [5.41, 5.74) is 3.58. The topological polar surface area (TPSA) is 72.2 Å². The Balaban J connectivity index is 1.46. The molecule has 4 rings (SSSR count). The molecule has 0 spiro atoms. The van der Waals surface area contributed by atoms with Crippen molar-refractivity contribution in [1.82, 2.24) is 20.2 Å². The lowest BCUT2D eigenvalue weighted by molar-refractivity contribution is -0.118. The minimum atomic E-state index is -0.166. The minimum Gasteiger partial charge on any atom is -0.299 e. The zero-order chi connectivity index (χ0) is 21.6. The van der Waals surface area contributed by atoms with Crippen molar-refractivity contribution in [2.45, 2.75) is 50.2 Å². The smallest absolute Gasteiger partial charge is 0.250 e. The van der Waals surface area contributed by atoms with Crippen LogP contribution >= 0.6 is 34.7 Å². The summed E-state index contributed by atoms with van der Waals surface area (Å²) in [6, 6.07) is 12.0. The molecule has 1 aromatic carbocycles. The van der Waals surface area contributed by atoms with E-state index in [4.69, 9.17) is 11.6 Å². The zero-order valence-corrected chi connectivity index (χ0v) is 19.6. The molecule has 0 saturated heterocycles. The van der Waals surface area contributed by atoms with Gasteiger partial charge in [0.05, 0.1) is 12.0 Å². The predicted octanol–water partition coefficient (Wildman–Crippen LogP) is 5.72. The SMILES string of the molecule is Cc1ccc(/C=N/NC(=O)CSc2nnc(-c3ccc(Cl)cc3)n2C2CCCCC2)s1. The number of nitrogens with one attached hydrogen (secondary N) is 1. The number of hydrazone groups is 1. The molecule has 6 nitrogen and oxygen atoms in total. The summed E-state index contributed by atoms with van der Waals surface area (Å²) in [6.07, 6.45) is 7.53. The molecule has 2 heterocycles. The van der Waals surface area contributed by atoms with E-state index in [1.54, 1.807) is 17.6 Å². The Morgan fingerprint density at radius 1 is 1.23 bits per heavy atom. The first-order chi connectivity index (χ1) is 15.1. The second-order valence-corrected chi connectivity index (χ2v) is 10.2. The van der Waals surface area contributed by atoms with Crippen LogP contribution in [0.3, 0.4) is 0 Å². The van der Waals surface area contributed by atoms with Crippen molar-refractivity contribution < 1.29 is 4.79 Å². The molecule has 1 aliphatic rings. The van der Waals surface area contributed by atoms with Gasteiger partial charge in [-0.3, -0.25) is 9.36 Å². The van der Waals surface area contributed by atoms with Gasteiger partial charge in [0.1, 0.15) is 0 Å². The number of carbonyl (C=O) groups is 1. The number of rotatable bonds is 7. The Hall–Kier alpha value is -2.16. The van der Waals surface area contributed by atoms with Crippen LogP contribution in [0.1, 0.15) is 47.9 Å². The summed E-state index contributed by atoms with van der Waals surface area (Å²) in [5.74, 6) is 0.894. The van der Waals surface area contributed by atoms with Crippen molar-refractivity contribution in [2.75, 3.05) is 5.75 Å². The summed E-state index contributed by atoms with van der Waals surface area (Å²) >= 11 is 9.09. The van der Waals surface area contributed by atoms with Gasteiger partial charge in [0.2, 0.25) is 0 Å². The number of hydrogen-bond donors (Lipinski definition) is 1. The van der Waals surface area contributed by atoms with Crippen molar-refractivity contribution >= 4 is 46.8 Å². The molecule has 0 atom stereocenters. The normalized spacial score (nSPS) is 14.9. The second-order valence-electron chi connectivity index (χ2n) is 7.51. The number of carbonyl (C=O) groups excluding carboxylic acids is 1. The van der Waals surface area contributed by atoms with Crippen LogP contribution in [0, 0.1) is 6.92 Å². The lowest BCUT2D eigenvalue weighted by atomic mass is 9.95. The highest BCUT2D eigenvalue weighted by molar-refractivity contribution is 7.99. The number of aromatic nitrogens is 3. The maximum Gasteiger partial charge on any atom is 0.250 e. The number of aryl methyl sites for hydroxylation is 1. The summed E-state index contributed by atoms with van der Waals surface area (Å²) in [7, 11) is 0. The van der Waals surface area contributed by atoms with E-state index in [9.17, 15) is 4.79 Å². The highest BCUT2D eigenvalue weighted by Crippen LogP contribution is 2.35. The van der Waals surface area contributed by atoms with Gasteiger partial charge in [-0.05, 0) is 56.2 Å².